The van der Waals surface area contributed by atoms with Gasteiger partial charge in [0.15, 0.2) is 0 Å². The highest BCUT2D eigenvalue weighted by Crippen LogP contribution is 2.28. The topological polar surface area (TPSA) is 88.6 Å². The van der Waals surface area contributed by atoms with Gasteiger partial charge in [-0.05, 0) is 42.7 Å². The lowest BCUT2D eigenvalue weighted by atomic mass is 9.98. The van der Waals surface area contributed by atoms with E-state index in [1.165, 1.54) is 17.2 Å². The SMILES string of the molecule is Cc1ccc(C(=O)NCC(c2ccco2)N2CCc3ccccc3C2)cc1[N+](=O)[O-]. The van der Waals surface area contributed by atoms with Crippen LogP contribution in [0.15, 0.2) is 65.3 Å². The molecule has 0 saturated heterocycles. The summed E-state index contributed by atoms with van der Waals surface area (Å²) in [5.41, 5.74) is 3.37. The average molecular weight is 405 g/mol. The second kappa shape index (κ2) is 8.51. The molecule has 3 aromatic rings. The monoisotopic (exact) mass is 405 g/mol. The first-order valence-corrected chi connectivity index (χ1v) is 9.90. The number of benzene rings is 2. The Morgan fingerprint density at radius 2 is 2.00 bits per heavy atom. The highest BCUT2D eigenvalue weighted by atomic mass is 16.6. The molecule has 1 aliphatic rings. The number of carbonyl (C=O) groups excluding carboxylic acids is 1. The first kappa shape index (κ1) is 19.8. The minimum atomic E-state index is -0.469. The molecule has 0 fully saturated rings. The summed E-state index contributed by atoms with van der Waals surface area (Å²) >= 11 is 0. The fraction of sp³-hybridized carbons (Fsp3) is 0.261. The van der Waals surface area contributed by atoms with Crippen molar-refractivity contribution in [2.45, 2.75) is 25.9 Å². The summed E-state index contributed by atoms with van der Waals surface area (Å²) < 4.78 is 5.66. The number of amides is 1. The van der Waals surface area contributed by atoms with Crippen LogP contribution in [0.3, 0.4) is 0 Å². The molecule has 7 nitrogen and oxygen atoms in total. The molecule has 4 rings (SSSR count). The van der Waals surface area contributed by atoms with Crippen LogP contribution >= 0.6 is 0 Å². The van der Waals surface area contributed by atoms with Gasteiger partial charge in [0.25, 0.3) is 11.6 Å². The molecule has 30 heavy (non-hydrogen) atoms. The van der Waals surface area contributed by atoms with E-state index in [0.29, 0.717) is 12.1 Å². The van der Waals surface area contributed by atoms with Gasteiger partial charge < -0.3 is 9.73 Å². The number of nitrogens with one attached hydrogen (secondary N) is 1. The summed E-state index contributed by atoms with van der Waals surface area (Å²) in [6.45, 7) is 3.62. The molecular weight excluding hydrogens is 382 g/mol. The third kappa shape index (κ3) is 4.11. The molecule has 1 atom stereocenters. The first-order valence-electron chi connectivity index (χ1n) is 9.90. The highest BCUT2D eigenvalue weighted by Gasteiger charge is 2.27. The van der Waals surface area contributed by atoms with E-state index in [1.54, 1.807) is 25.3 Å². The Morgan fingerprint density at radius 3 is 2.73 bits per heavy atom. The molecule has 1 N–H and O–H groups in total. The lowest BCUT2D eigenvalue weighted by Crippen LogP contribution is -2.40. The number of nitrogens with zero attached hydrogens (tertiary/aromatic N) is 2. The smallest absolute Gasteiger partial charge is 0.273 e. The van der Waals surface area contributed by atoms with Crippen LogP contribution in [0.25, 0.3) is 0 Å². The van der Waals surface area contributed by atoms with Crippen LogP contribution in [0.2, 0.25) is 0 Å². The van der Waals surface area contributed by atoms with Crippen LogP contribution in [0.1, 0.15) is 38.9 Å². The zero-order valence-electron chi connectivity index (χ0n) is 16.7. The van der Waals surface area contributed by atoms with Crippen LogP contribution in [0, 0.1) is 17.0 Å². The molecule has 7 heteroatoms. The number of nitro benzene ring substituents is 1. The van der Waals surface area contributed by atoms with Gasteiger partial charge in [0.05, 0.1) is 17.2 Å². The molecule has 1 aliphatic heterocycles. The third-order valence-corrected chi connectivity index (χ3v) is 5.60. The van der Waals surface area contributed by atoms with E-state index in [-0.39, 0.29) is 23.2 Å². The van der Waals surface area contributed by atoms with E-state index < -0.39 is 4.92 Å². The van der Waals surface area contributed by atoms with Crippen molar-refractivity contribution in [3.8, 4) is 0 Å². The molecule has 1 aromatic heterocycles. The van der Waals surface area contributed by atoms with Gasteiger partial charge in [0, 0.05) is 36.8 Å². The van der Waals surface area contributed by atoms with Gasteiger partial charge in [-0.3, -0.25) is 19.8 Å². The number of carbonyl (C=O) groups is 1. The van der Waals surface area contributed by atoms with Crippen LogP contribution in [0.4, 0.5) is 5.69 Å². The molecule has 0 bridgehead atoms. The second-order valence-electron chi connectivity index (χ2n) is 7.49. The van der Waals surface area contributed by atoms with Crippen molar-refractivity contribution in [3.05, 3.63) is 99.0 Å². The number of rotatable bonds is 6. The molecule has 0 aliphatic carbocycles. The molecule has 2 heterocycles. The number of hydrogen-bond donors (Lipinski definition) is 1. The maximum atomic E-state index is 12.7. The Balaban J connectivity index is 1.51. The molecule has 1 unspecified atom stereocenters. The normalized spacial score (nSPS) is 14.7. The van der Waals surface area contributed by atoms with Gasteiger partial charge in [-0.25, -0.2) is 0 Å². The summed E-state index contributed by atoms with van der Waals surface area (Å²) in [6, 6.07) is 16.5. The predicted octanol–water partition coefficient (Wildman–Crippen LogP) is 4.03. The van der Waals surface area contributed by atoms with E-state index in [4.69, 9.17) is 4.42 Å². The van der Waals surface area contributed by atoms with Crippen molar-refractivity contribution in [1.82, 2.24) is 10.2 Å². The second-order valence-corrected chi connectivity index (χ2v) is 7.49. The van der Waals surface area contributed by atoms with Gasteiger partial charge in [0.2, 0.25) is 0 Å². The fourth-order valence-corrected chi connectivity index (χ4v) is 3.91. The minimum Gasteiger partial charge on any atom is -0.468 e. The maximum Gasteiger partial charge on any atom is 0.273 e. The van der Waals surface area contributed by atoms with E-state index in [1.807, 2.05) is 18.2 Å². The van der Waals surface area contributed by atoms with Crippen molar-refractivity contribution >= 4 is 11.6 Å². The van der Waals surface area contributed by atoms with Gasteiger partial charge in [-0.1, -0.05) is 30.3 Å². The third-order valence-electron chi connectivity index (χ3n) is 5.60. The standard InChI is InChI=1S/C23H23N3O4/c1-16-8-9-18(13-20(16)26(28)29)23(27)24-14-21(22-7-4-12-30-22)25-11-10-17-5-2-3-6-19(17)15-25/h2-9,12-13,21H,10-11,14-15H2,1H3,(H,24,27). The Bertz CT molecular complexity index is 1060. The van der Waals surface area contributed by atoms with Crippen molar-refractivity contribution < 1.29 is 14.1 Å². The minimum absolute atomic E-state index is 0.0575. The zero-order valence-corrected chi connectivity index (χ0v) is 16.7. The fourth-order valence-electron chi connectivity index (χ4n) is 3.91. The Morgan fingerprint density at radius 1 is 1.20 bits per heavy atom. The van der Waals surface area contributed by atoms with E-state index in [0.717, 1.165) is 25.3 Å². The number of nitro groups is 1. The average Bonchev–Trinajstić information content (AvgIpc) is 3.28. The van der Waals surface area contributed by atoms with E-state index >= 15 is 0 Å². The summed E-state index contributed by atoms with van der Waals surface area (Å²) in [4.78, 5) is 25.7. The number of aryl methyl sites for hydroxylation is 1. The van der Waals surface area contributed by atoms with Gasteiger partial charge in [0.1, 0.15) is 5.76 Å². The predicted molar refractivity (Wildman–Crippen MR) is 112 cm³/mol. The van der Waals surface area contributed by atoms with Crippen molar-refractivity contribution in [2.24, 2.45) is 0 Å². The molecule has 2 aromatic carbocycles. The highest BCUT2D eigenvalue weighted by molar-refractivity contribution is 5.95. The van der Waals surface area contributed by atoms with E-state index in [2.05, 4.69) is 28.4 Å². The summed E-state index contributed by atoms with van der Waals surface area (Å²) in [5, 5.41) is 14.1. The summed E-state index contributed by atoms with van der Waals surface area (Å²) in [6.07, 6.45) is 2.57. The quantitative estimate of drug-likeness (QED) is 0.494. The number of furan rings is 1. The van der Waals surface area contributed by atoms with E-state index in [9.17, 15) is 14.9 Å². The van der Waals surface area contributed by atoms with Crippen LogP contribution in [-0.2, 0) is 13.0 Å². The number of fused-ring (bicyclic) bond motifs is 1. The molecule has 154 valence electrons. The Kier molecular flexibility index (Phi) is 5.63. The van der Waals surface area contributed by atoms with Crippen LogP contribution in [0.5, 0.6) is 0 Å². The molecule has 0 spiro atoms. The maximum absolute atomic E-state index is 12.7. The van der Waals surface area contributed by atoms with Crippen molar-refractivity contribution in [1.29, 1.82) is 0 Å². The van der Waals surface area contributed by atoms with Gasteiger partial charge in [-0.2, -0.15) is 0 Å². The Labute approximate surface area is 174 Å². The summed E-state index contributed by atoms with van der Waals surface area (Å²) in [7, 11) is 0. The lowest BCUT2D eigenvalue weighted by Gasteiger charge is -2.34. The molecule has 0 saturated carbocycles. The summed E-state index contributed by atoms with van der Waals surface area (Å²) in [5.74, 6) is 0.441. The van der Waals surface area contributed by atoms with Gasteiger partial charge in [-0.15, -0.1) is 0 Å². The molecular formula is C23H23N3O4. The van der Waals surface area contributed by atoms with Crippen molar-refractivity contribution in [3.63, 3.8) is 0 Å². The number of hydrogen-bond acceptors (Lipinski definition) is 5. The zero-order chi connectivity index (χ0) is 21.1. The van der Waals surface area contributed by atoms with Gasteiger partial charge >= 0.3 is 0 Å². The molecule has 1 amide bonds. The molecule has 0 radical (unpaired) electrons. The van der Waals surface area contributed by atoms with Crippen LogP contribution < -0.4 is 5.32 Å². The van der Waals surface area contributed by atoms with Crippen molar-refractivity contribution in [2.75, 3.05) is 13.1 Å². The first-order chi connectivity index (χ1) is 14.5. The lowest BCUT2D eigenvalue weighted by molar-refractivity contribution is -0.385. The van der Waals surface area contributed by atoms with Crippen LogP contribution in [-0.4, -0.2) is 28.8 Å². The Hall–Kier alpha value is -3.45. The largest absolute Gasteiger partial charge is 0.468 e.